The van der Waals surface area contributed by atoms with E-state index in [4.69, 9.17) is 18.9 Å². The van der Waals surface area contributed by atoms with Gasteiger partial charge in [-0.25, -0.2) is 4.99 Å². The zero-order valence-electron chi connectivity index (χ0n) is 14.6. The van der Waals surface area contributed by atoms with Gasteiger partial charge in [0.1, 0.15) is 6.61 Å². The molecule has 0 amide bonds. The molecule has 0 fully saturated rings. The smallest absolute Gasteiger partial charge is 0.164 e. The van der Waals surface area contributed by atoms with Crippen LogP contribution in [0.15, 0.2) is 0 Å². The maximum atomic E-state index is 5.45. The van der Waals surface area contributed by atoms with Crippen LogP contribution in [0.5, 0.6) is 0 Å². The maximum Gasteiger partial charge on any atom is 0.164 e. The van der Waals surface area contributed by atoms with Gasteiger partial charge in [-0.15, -0.1) is 0 Å². The molecule has 6 heteroatoms. The highest BCUT2D eigenvalue weighted by molar-refractivity contribution is 7.70. The summed E-state index contributed by atoms with van der Waals surface area (Å²) in [7, 11) is 0.0168. The Morgan fingerprint density at radius 3 is 1.73 bits per heavy atom. The molecule has 132 valence electrons. The molecule has 5 nitrogen and oxygen atoms in total. The molecule has 0 unspecified atom stereocenters. The maximum absolute atomic E-state index is 5.45. The Morgan fingerprint density at radius 2 is 1.23 bits per heavy atom. The number of ether oxygens (including phenoxy) is 4. The fourth-order valence-corrected chi connectivity index (χ4v) is 2.09. The van der Waals surface area contributed by atoms with Crippen LogP contribution >= 0.6 is 7.92 Å². The fourth-order valence-electron chi connectivity index (χ4n) is 1.59. The third-order valence-corrected chi connectivity index (χ3v) is 3.45. The van der Waals surface area contributed by atoms with Crippen LogP contribution in [0, 0.1) is 0 Å². The third-order valence-electron chi connectivity index (χ3n) is 2.75. The molecule has 0 aromatic heterocycles. The van der Waals surface area contributed by atoms with Crippen molar-refractivity contribution in [1.29, 1.82) is 0 Å². The van der Waals surface area contributed by atoms with E-state index in [-0.39, 0.29) is 7.92 Å². The van der Waals surface area contributed by atoms with Gasteiger partial charge in [-0.2, -0.15) is 0 Å². The van der Waals surface area contributed by atoms with Gasteiger partial charge in [0.25, 0.3) is 0 Å². The van der Waals surface area contributed by atoms with Gasteiger partial charge in [0.2, 0.25) is 0 Å². The molecule has 22 heavy (non-hydrogen) atoms. The standard InChI is InChI=1S/C16H34NO4P/c1-4-5-6-8-18-10-12-20-14-15-21-13-11-19-9-7-17-16-22(2)3/h16H,4-15H2,1-3H3/p+1. The van der Waals surface area contributed by atoms with Crippen molar-refractivity contribution in [3.63, 3.8) is 0 Å². The topological polar surface area (TPSA) is 50.9 Å². The number of unbranched alkanes of at least 4 members (excludes halogenated alkanes) is 2. The van der Waals surface area contributed by atoms with Gasteiger partial charge in [0, 0.05) is 6.61 Å². The highest BCUT2D eigenvalue weighted by Gasteiger charge is 1.94. The SMILES string of the molecule is CCCCCOCCOCCOCCOCC[NH+]=CP(C)C. The predicted octanol–water partition coefficient (Wildman–Crippen LogP) is 1.09. The van der Waals surface area contributed by atoms with Gasteiger partial charge < -0.3 is 18.9 Å². The summed E-state index contributed by atoms with van der Waals surface area (Å²) in [6.45, 7) is 12.8. The van der Waals surface area contributed by atoms with Crippen LogP contribution in [0.3, 0.4) is 0 Å². The predicted molar refractivity (Wildman–Crippen MR) is 93.5 cm³/mol. The van der Waals surface area contributed by atoms with Gasteiger partial charge in [0.05, 0.1) is 39.6 Å². The van der Waals surface area contributed by atoms with Gasteiger partial charge in [0.15, 0.2) is 12.5 Å². The number of rotatable bonds is 17. The second kappa shape index (κ2) is 19.0. The van der Waals surface area contributed by atoms with E-state index in [0.29, 0.717) is 39.6 Å². The van der Waals surface area contributed by atoms with E-state index in [9.17, 15) is 0 Å². The molecule has 0 aliphatic carbocycles. The quantitative estimate of drug-likeness (QED) is 0.245. The zero-order valence-corrected chi connectivity index (χ0v) is 15.5. The lowest BCUT2D eigenvalue weighted by atomic mass is 10.3. The van der Waals surface area contributed by atoms with Crippen molar-refractivity contribution in [3.8, 4) is 0 Å². The summed E-state index contributed by atoms with van der Waals surface area (Å²) in [5, 5.41) is 0. The molecule has 0 radical (unpaired) electrons. The molecular formula is C16H35NO4P+. The number of hydrogen-bond donors (Lipinski definition) is 1. The Morgan fingerprint density at radius 1 is 0.727 bits per heavy atom. The monoisotopic (exact) mass is 336 g/mol. The van der Waals surface area contributed by atoms with Crippen molar-refractivity contribution in [2.45, 2.75) is 26.2 Å². The first-order valence-electron chi connectivity index (χ1n) is 8.31. The van der Waals surface area contributed by atoms with E-state index in [2.05, 4.69) is 31.2 Å². The first kappa shape index (κ1) is 21.9. The molecule has 0 aromatic rings. The van der Waals surface area contributed by atoms with Crippen molar-refractivity contribution < 1.29 is 23.9 Å². The van der Waals surface area contributed by atoms with Crippen molar-refractivity contribution >= 4 is 13.9 Å². The van der Waals surface area contributed by atoms with Crippen molar-refractivity contribution in [1.82, 2.24) is 0 Å². The second-order valence-corrected chi connectivity index (χ2v) is 7.39. The van der Waals surface area contributed by atoms with Crippen LogP contribution in [0.1, 0.15) is 26.2 Å². The lowest BCUT2D eigenvalue weighted by molar-refractivity contribution is -0.453. The molecule has 0 aliphatic rings. The molecule has 0 saturated carbocycles. The first-order valence-corrected chi connectivity index (χ1v) is 10.6. The molecule has 0 spiro atoms. The number of nitrogens with one attached hydrogen (secondary N) is 1. The lowest BCUT2D eigenvalue weighted by Gasteiger charge is -2.06. The van der Waals surface area contributed by atoms with Crippen molar-refractivity contribution in [2.75, 3.05) is 72.7 Å². The molecule has 0 bridgehead atoms. The Labute approximate surface area is 137 Å². The largest absolute Gasteiger partial charge is 0.379 e. The van der Waals surface area contributed by atoms with E-state index in [1.165, 1.54) is 12.8 Å². The van der Waals surface area contributed by atoms with E-state index in [1.54, 1.807) is 0 Å². The molecule has 0 saturated heterocycles. The zero-order chi connectivity index (χ0) is 16.3. The summed E-state index contributed by atoms with van der Waals surface area (Å²) in [5.41, 5.74) is 0. The highest BCUT2D eigenvalue weighted by Crippen LogP contribution is 2.15. The molecule has 1 N–H and O–H groups in total. The minimum atomic E-state index is 0.0168. The van der Waals surface area contributed by atoms with Gasteiger partial charge in [-0.05, 0) is 27.7 Å². The van der Waals surface area contributed by atoms with Crippen LogP contribution in [0.25, 0.3) is 0 Å². The average molecular weight is 336 g/mol. The molecule has 0 atom stereocenters. The average Bonchev–Trinajstić information content (AvgIpc) is 2.50. The molecule has 0 aromatic carbocycles. The van der Waals surface area contributed by atoms with Gasteiger partial charge in [-0.3, -0.25) is 0 Å². The third kappa shape index (κ3) is 19.9. The lowest BCUT2D eigenvalue weighted by Crippen LogP contribution is -2.69. The summed E-state index contributed by atoms with van der Waals surface area (Å²) in [4.78, 5) is 3.24. The van der Waals surface area contributed by atoms with Crippen molar-refractivity contribution in [2.24, 2.45) is 0 Å². The van der Waals surface area contributed by atoms with E-state index in [1.807, 2.05) is 0 Å². The Balaban J connectivity index is 3.00. The van der Waals surface area contributed by atoms with Crippen LogP contribution in [0.2, 0.25) is 0 Å². The molecule has 0 rings (SSSR count). The van der Waals surface area contributed by atoms with Crippen LogP contribution in [-0.4, -0.2) is 78.7 Å². The van der Waals surface area contributed by atoms with Crippen LogP contribution < -0.4 is 4.99 Å². The summed E-state index contributed by atoms with van der Waals surface area (Å²) < 4.78 is 21.7. The molecule has 0 heterocycles. The molecular weight excluding hydrogens is 301 g/mol. The normalized spacial score (nSPS) is 11.8. The Kier molecular flexibility index (Phi) is 18.9. The summed E-state index contributed by atoms with van der Waals surface area (Å²) in [6, 6.07) is 0. The van der Waals surface area contributed by atoms with E-state index in [0.717, 1.165) is 26.2 Å². The minimum absolute atomic E-state index is 0.0168. The highest BCUT2D eigenvalue weighted by atomic mass is 31.1. The van der Waals surface area contributed by atoms with Crippen molar-refractivity contribution in [3.05, 3.63) is 0 Å². The molecule has 0 aliphatic heterocycles. The van der Waals surface area contributed by atoms with Crippen LogP contribution in [0.4, 0.5) is 0 Å². The first-order chi connectivity index (χ1) is 10.8. The van der Waals surface area contributed by atoms with E-state index >= 15 is 0 Å². The van der Waals surface area contributed by atoms with E-state index < -0.39 is 0 Å². The minimum Gasteiger partial charge on any atom is -0.379 e. The number of hydrogen-bond acceptors (Lipinski definition) is 4. The van der Waals surface area contributed by atoms with Crippen LogP contribution in [-0.2, 0) is 18.9 Å². The fraction of sp³-hybridized carbons (Fsp3) is 0.938. The van der Waals surface area contributed by atoms with Gasteiger partial charge >= 0.3 is 0 Å². The summed E-state index contributed by atoms with van der Waals surface area (Å²) in [5.74, 6) is 2.14. The Bertz CT molecular complexity index is 240. The summed E-state index contributed by atoms with van der Waals surface area (Å²) in [6.07, 6.45) is 3.61. The summed E-state index contributed by atoms with van der Waals surface area (Å²) >= 11 is 0. The van der Waals surface area contributed by atoms with Gasteiger partial charge in [-0.1, -0.05) is 19.8 Å². The second-order valence-electron chi connectivity index (χ2n) is 5.20. The Hall–Kier alpha value is -0.0600.